The number of thiazole rings is 1. The molecule has 0 aliphatic carbocycles. The molecule has 34 heavy (non-hydrogen) atoms. The average molecular weight is 498 g/mol. The van der Waals surface area contributed by atoms with Gasteiger partial charge in [-0.05, 0) is 42.5 Å². The zero-order valence-corrected chi connectivity index (χ0v) is 19.5. The van der Waals surface area contributed by atoms with Crippen molar-refractivity contribution in [1.82, 2.24) is 4.98 Å². The van der Waals surface area contributed by atoms with Crippen molar-refractivity contribution >= 4 is 48.3 Å². The van der Waals surface area contributed by atoms with Gasteiger partial charge < -0.3 is 14.2 Å². The number of carbonyl (C=O) groups is 1. The molecule has 4 aromatic rings. The van der Waals surface area contributed by atoms with Crippen molar-refractivity contribution in [3.8, 4) is 17.2 Å². The number of methoxy groups -OCH3 is 1. The number of amides is 1. The van der Waals surface area contributed by atoms with E-state index in [1.807, 2.05) is 6.07 Å². The molecule has 1 aliphatic rings. The number of hydrogen-bond donors (Lipinski definition) is 2. The van der Waals surface area contributed by atoms with Crippen LogP contribution in [0.1, 0.15) is 10.4 Å². The lowest BCUT2D eigenvalue weighted by Gasteiger charge is -2.17. The van der Waals surface area contributed by atoms with Gasteiger partial charge in [-0.15, -0.1) is 0 Å². The number of carbonyl (C=O) groups excluding carboxylic acids is 1. The molecule has 2 heterocycles. The molecule has 0 fully saturated rings. The lowest BCUT2D eigenvalue weighted by Crippen LogP contribution is -2.15. The zero-order chi connectivity index (χ0) is 23.7. The third kappa shape index (κ3) is 4.47. The Balaban J connectivity index is 1.33. The maximum absolute atomic E-state index is 12.8. The molecule has 0 spiro atoms. The Bertz CT molecular complexity index is 1440. The van der Waals surface area contributed by atoms with Crippen LogP contribution in [0.2, 0.25) is 0 Å². The van der Waals surface area contributed by atoms with E-state index in [0.29, 0.717) is 41.1 Å². The summed E-state index contributed by atoms with van der Waals surface area (Å²) in [5.41, 5.74) is 1.22. The summed E-state index contributed by atoms with van der Waals surface area (Å²) in [6.45, 7) is 0.963. The van der Waals surface area contributed by atoms with E-state index in [4.69, 9.17) is 14.2 Å². The van der Waals surface area contributed by atoms with E-state index in [9.17, 15) is 13.2 Å². The maximum Gasteiger partial charge on any atom is 0.261 e. The Morgan fingerprint density at radius 1 is 1.03 bits per heavy atom. The SMILES string of the molecule is COc1ccc(S(=O)(=O)Nc2cccc(C(=O)Nc3nc4cc5c(cc4s3)OCCO5)c2)cc1. The lowest BCUT2D eigenvalue weighted by molar-refractivity contribution is 0.102. The van der Waals surface area contributed by atoms with Gasteiger partial charge >= 0.3 is 0 Å². The number of ether oxygens (including phenoxy) is 3. The number of nitrogens with zero attached hydrogens (tertiary/aromatic N) is 1. The van der Waals surface area contributed by atoms with Gasteiger partial charge in [0, 0.05) is 23.4 Å². The van der Waals surface area contributed by atoms with E-state index in [2.05, 4.69) is 15.0 Å². The molecule has 0 bridgehead atoms. The first-order valence-electron chi connectivity index (χ1n) is 10.2. The Kier molecular flexibility index (Phi) is 5.72. The summed E-state index contributed by atoms with van der Waals surface area (Å²) in [4.78, 5) is 17.3. The van der Waals surface area contributed by atoms with Crippen LogP contribution in [-0.2, 0) is 10.0 Å². The second-order valence-electron chi connectivity index (χ2n) is 7.30. The Hall–Kier alpha value is -3.83. The van der Waals surface area contributed by atoms with Crippen molar-refractivity contribution < 1.29 is 27.4 Å². The first kappa shape index (κ1) is 22.0. The van der Waals surface area contributed by atoms with E-state index in [1.165, 1.54) is 36.6 Å². The van der Waals surface area contributed by atoms with Crippen LogP contribution in [0.3, 0.4) is 0 Å². The molecule has 0 atom stereocenters. The van der Waals surface area contributed by atoms with Crippen LogP contribution in [0.25, 0.3) is 10.2 Å². The first-order valence-corrected chi connectivity index (χ1v) is 12.5. The van der Waals surface area contributed by atoms with E-state index < -0.39 is 15.9 Å². The summed E-state index contributed by atoms with van der Waals surface area (Å²) in [7, 11) is -2.33. The highest BCUT2D eigenvalue weighted by molar-refractivity contribution is 7.92. The van der Waals surface area contributed by atoms with Crippen LogP contribution < -0.4 is 24.2 Å². The fourth-order valence-electron chi connectivity index (χ4n) is 3.38. The summed E-state index contributed by atoms with van der Waals surface area (Å²) < 4.78 is 45.0. The first-order chi connectivity index (χ1) is 16.4. The van der Waals surface area contributed by atoms with Crippen molar-refractivity contribution in [3.63, 3.8) is 0 Å². The van der Waals surface area contributed by atoms with Crippen molar-refractivity contribution in [1.29, 1.82) is 0 Å². The molecule has 1 amide bonds. The van der Waals surface area contributed by atoms with Crippen LogP contribution in [0.4, 0.5) is 10.8 Å². The highest BCUT2D eigenvalue weighted by Crippen LogP contribution is 2.38. The van der Waals surface area contributed by atoms with Gasteiger partial charge in [0.25, 0.3) is 15.9 Å². The zero-order valence-electron chi connectivity index (χ0n) is 17.9. The van der Waals surface area contributed by atoms with Gasteiger partial charge in [-0.3, -0.25) is 14.8 Å². The number of aromatic nitrogens is 1. The summed E-state index contributed by atoms with van der Waals surface area (Å²) in [6.07, 6.45) is 0. The predicted octanol–water partition coefficient (Wildman–Crippen LogP) is 4.13. The summed E-state index contributed by atoms with van der Waals surface area (Å²) in [5, 5.41) is 3.18. The molecule has 1 aliphatic heterocycles. The Morgan fingerprint density at radius 2 is 1.76 bits per heavy atom. The molecule has 0 radical (unpaired) electrons. The Morgan fingerprint density at radius 3 is 2.50 bits per heavy atom. The fraction of sp³-hybridized carbons (Fsp3) is 0.130. The number of sulfonamides is 1. The number of nitrogens with one attached hydrogen (secondary N) is 2. The quantitative estimate of drug-likeness (QED) is 0.411. The summed E-state index contributed by atoms with van der Waals surface area (Å²) in [5.74, 6) is 1.41. The molecule has 11 heteroatoms. The number of rotatable bonds is 6. The largest absolute Gasteiger partial charge is 0.497 e. The third-order valence-electron chi connectivity index (χ3n) is 5.02. The number of anilines is 2. The van der Waals surface area contributed by atoms with E-state index >= 15 is 0 Å². The van der Waals surface area contributed by atoms with Crippen molar-refractivity contribution in [2.45, 2.75) is 4.90 Å². The molecule has 1 aromatic heterocycles. The van der Waals surface area contributed by atoms with Crippen LogP contribution >= 0.6 is 11.3 Å². The summed E-state index contributed by atoms with van der Waals surface area (Å²) in [6, 6.07) is 15.9. The van der Waals surface area contributed by atoms with Crippen molar-refractivity contribution in [2.75, 3.05) is 30.4 Å². The van der Waals surface area contributed by atoms with Gasteiger partial charge in [0.15, 0.2) is 16.6 Å². The van der Waals surface area contributed by atoms with Crippen molar-refractivity contribution in [3.05, 3.63) is 66.2 Å². The minimum Gasteiger partial charge on any atom is -0.497 e. The molecule has 2 N–H and O–H groups in total. The molecular formula is C23H19N3O6S2. The van der Waals surface area contributed by atoms with Crippen LogP contribution in [-0.4, -0.2) is 39.6 Å². The fourth-order valence-corrected chi connectivity index (χ4v) is 5.30. The minimum atomic E-state index is -3.84. The highest BCUT2D eigenvalue weighted by atomic mass is 32.2. The van der Waals surface area contributed by atoms with Crippen LogP contribution in [0, 0.1) is 0 Å². The van der Waals surface area contributed by atoms with E-state index in [0.717, 1.165) is 4.70 Å². The molecule has 0 saturated heterocycles. The van der Waals surface area contributed by atoms with Gasteiger partial charge in [-0.2, -0.15) is 0 Å². The van der Waals surface area contributed by atoms with E-state index in [-0.39, 0.29) is 16.1 Å². The van der Waals surface area contributed by atoms with Gasteiger partial charge in [-0.1, -0.05) is 17.4 Å². The molecular weight excluding hydrogens is 478 g/mol. The van der Waals surface area contributed by atoms with Gasteiger partial charge in [0.05, 0.1) is 22.2 Å². The molecule has 3 aromatic carbocycles. The van der Waals surface area contributed by atoms with Gasteiger partial charge in [0.1, 0.15) is 19.0 Å². The molecule has 0 unspecified atom stereocenters. The molecule has 174 valence electrons. The molecule has 0 saturated carbocycles. The highest BCUT2D eigenvalue weighted by Gasteiger charge is 2.18. The minimum absolute atomic E-state index is 0.0771. The van der Waals surface area contributed by atoms with Gasteiger partial charge in [0.2, 0.25) is 0 Å². The second kappa shape index (κ2) is 8.84. The molecule has 9 nitrogen and oxygen atoms in total. The Labute approximate surface area is 199 Å². The average Bonchev–Trinajstić information content (AvgIpc) is 3.23. The normalized spacial score (nSPS) is 12.9. The monoisotopic (exact) mass is 497 g/mol. The smallest absolute Gasteiger partial charge is 0.261 e. The standard InChI is InChI=1S/C23H19N3O6S2/c1-30-16-5-7-17(8-6-16)34(28,29)26-15-4-2-3-14(11-15)22(27)25-23-24-18-12-19-20(13-21(18)33-23)32-10-9-31-19/h2-8,11-13,26H,9-10H2,1H3,(H,24,25,27). The van der Waals surface area contributed by atoms with Crippen LogP contribution in [0.15, 0.2) is 65.6 Å². The number of fused-ring (bicyclic) bond motifs is 2. The summed E-state index contributed by atoms with van der Waals surface area (Å²) >= 11 is 1.31. The predicted molar refractivity (Wildman–Crippen MR) is 129 cm³/mol. The number of benzene rings is 3. The van der Waals surface area contributed by atoms with Crippen LogP contribution in [0.5, 0.6) is 17.2 Å². The maximum atomic E-state index is 12.8. The number of hydrogen-bond acceptors (Lipinski definition) is 8. The van der Waals surface area contributed by atoms with Gasteiger partial charge in [-0.25, -0.2) is 13.4 Å². The molecule has 5 rings (SSSR count). The van der Waals surface area contributed by atoms with Crippen molar-refractivity contribution in [2.24, 2.45) is 0 Å². The topological polar surface area (TPSA) is 116 Å². The lowest BCUT2D eigenvalue weighted by atomic mass is 10.2. The van der Waals surface area contributed by atoms with E-state index in [1.54, 1.807) is 36.4 Å². The second-order valence-corrected chi connectivity index (χ2v) is 10.0. The third-order valence-corrected chi connectivity index (χ3v) is 7.35.